The standard InChI is InChI=1S/C7H10BrNO/c1-5(9)2-6-3-10-4-7(6)8/h3-5H,2,9H2,1H3. The molecule has 0 aromatic carbocycles. The zero-order valence-electron chi connectivity index (χ0n) is 5.80. The summed E-state index contributed by atoms with van der Waals surface area (Å²) in [6, 6.07) is 0.189. The van der Waals surface area contributed by atoms with E-state index < -0.39 is 0 Å². The minimum Gasteiger partial charge on any atom is -0.471 e. The smallest absolute Gasteiger partial charge is 0.105 e. The first kappa shape index (κ1) is 7.82. The molecule has 0 aliphatic heterocycles. The van der Waals surface area contributed by atoms with Crippen LogP contribution in [-0.4, -0.2) is 6.04 Å². The number of hydrogen-bond acceptors (Lipinski definition) is 2. The van der Waals surface area contributed by atoms with Gasteiger partial charge in [-0.1, -0.05) is 0 Å². The van der Waals surface area contributed by atoms with E-state index in [1.54, 1.807) is 12.5 Å². The molecule has 0 amide bonds. The Hall–Kier alpha value is -0.280. The van der Waals surface area contributed by atoms with Crippen LogP contribution in [0.5, 0.6) is 0 Å². The molecule has 56 valence electrons. The highest BCUT2D eigenvalue weighted by Gasteiger charge is 2.03. The summed E-state index contributed by atoms with van der Waals surface area (Å²) in [5, 5.41) is 0. The second-order valence-corrected chi connectivity index (χ2v) is 3.28. The van der Waals surface area contributed by atoms with Crippen LogP contribution in [0.1, 0.15) is 12.5 Å². The summed E-state index contributed by atoms with van der Waals surface area (Å²) >= 11 is 3.35. The van der Waals surface area contributed by atoms with Crippen molar-refractivity contribution in [2.24, 2.45) is 5.73 Å². The third kappa shape index (κ3) is 1.85. The van der Waals surface area contributed by atoms with Gasteiger partial charge in [-0.15, -0.1) is 0 Å². The highest BCUT2D eigenvalue weighted by molar-refractivity contribution is 9.10. The molecule has 1 atom stereocenters. The number of hydrogen-bond donors (Lipinski definition) is 1. The normalized spacial score (nSPS) is 13.5. The van der Waals surface area contributed by atoms with Crippen LogP contribution in [0.15, 0.2) is 21.4 Å². The molecule has 0 saturated carbocycles. The van der Waals surface area contributed by atoms with Crippen molar-refractivity contribution in [2.45, 2.75) is 19.4 Å². The fourth-order valence-corrected chi connectivity index (χ4v) is 1.16. The molecule has 0 fully saturated rings. The van der Waals surface area contributed by atoms with Crippen molar-refractivity contribution in [1.29, 1.82) is 0 Å². The van der Waals surface area contributed by atoms with Crippen LogP contribution in [0, 0.1) is 0 Å². The predicted octanol–water partition coefficient (Wildman–Crippen LogP) is 1.93. The third-order valence-corrected chi connectivity index (χ3v) is 1.93. The lowest BCUT2D eigenvalue weighted by Crippen LogP contribution is -2.17. The van der Waals surface area contributed by atoms with Gasteiger partial charge in [-0.25, -0.2) is 0 Å². The van der Waals surface area contributed by atoms with Crippen LogP contribution in [0.25, 0.3) is 0 Å². The number of nitrogens with two attached hydrogens (primary N) is 1. The van der Waals surface area contributed by atoms with Gasteiger partial charge in [0.05, 0.1) is 10.7 Å². The fraction of sp³-hybridized carbons (Fsp3) is 0.429. The molecule has 1 unspecified atom stereocenters. The van der Waals surface area contributed by atoms with Gasteiger partial charge in [0.2, 0.25) is 0 Å². The largest absolute Gasteiger partial charge is 0.471 e. The average Bonchev–Trinajstić information content (AvgIpc) is 2.15. The average molecular weight is 204 g/mol. The molecule has 1 aromatic rings. The zero-order chi connectivity index (χ0) is 7.56. The SMILES string of the molecule is CC(N)Cc1cocc1Br. The van der Waals surface area contributed by atoms with E-state index in [1.807, 2.05) is 6.92 Å². The lowest BCUT2D eigenvalue weighted by molar-refractivity contribution is 0.561. The van der Waals surface area contributed by atoms with Crippen LogP contribution in [-0.2, 0) is 6.42 Å². The van der Waals surface area contributed by atoms with E-state index in [0.29, 0.717) is 0 Å². The van der Waals surface area contributed by atoms with Gasteiger partial charge in [0.1, 0.15) is 6.26 Å². The van der Waals surface area contributed by atoms with Crippen LogP contribution < -0.4 is 5.73 Å². The summed E-state index contributed by atoms with van der Waals surface area (Å²) in [7, 11) is 0. The summed E-state index contributed by atoms with van der Waals surface area (Å²) in [5.74, 6) is 0. The van der Waals surface area contributed by atoms with Crippen LogP contribution in [0.3, 0.4) is 0 Å². The van der Waals surface area contributed by atoms with Crippen molar-refractivity contribution in [1.82, 2.24) is 0 Å². The lowest BCUT2D eigenvalue weighted by Gasteiger charge is -2.00. The Morgan fingerprint density at radius 2 is 2.40 bits per heavy atom. The molecule has 2 nitrogen and oxygen atoms in total. The Morgan fingerprint density at radius 3 is 2.80 bits per heavy atom. The van der Waals surface area contributed by atoms with E-state index >= 15 is 0 Å². The molecule has 0 spiro atoms. The van der Waals surface area contributed by atoms with Gasteiger partial charge in [-0.2, -0.15) is 0 Å². The molecule has 10 heavy (non-hydrogen) atoms. The van der Waals surface area contributed by atoms with E-state index in [0.717, 1.165) is 16.5 Å². The molecule has 0 radical (unpaired) electrons. The first-order valence-electron chi connectivity index (χ1n) is 3.16. The van der Waals surface area contributed by atoms with Gasteiger partial charge in [0.15, 0.2) is 0 Å². The summed E-state index contributed by atoms with van der Waals surface area (Å²) in [6.45, 7) is 1.97. The Kier molecular flexibility index (Phi) is 2.51. The summed E-state index contributed by atoms with van der Waals surface area (Å²) in [6.07, 6.45) is 4.24. The highest BCUT2D eigenvalue weighted by Crippen LogP contribution is 2.18. The maximum atomic E-state index is 5.59. The molecular weight excluding hydrogens is 194 g/mol. The monoisotopic (exact) mass is 203 g/mol. The zero-order valence-corrected chi connectivity index (χ0v) is 7.39. The van der Waals surface area contributed by atoms with E-state index in [2.05, 4.69) is 15.9 Å². The van der Waals surface area contributed by atoms with Crippen molar-refractivity contribution in [3.63, 3.8) is 0 Å². The van der Waals surface area contributed by atoms with Gasteiger partial charge in [0, 0.05) is 11.6 Å². The predicted molar refractivity (Wildman–Crippen MR) is 43.8 cm³/mol. The van der Waals surface area contributed by atoms with E-state index in [-0.39, 0.29) is 6.04 Å². The summed E-state index contributed by atoms with van der Waals surface area (Å²) < 4.78 is 5.95. The molecule has 0 aliphatic carbocycles. The van der Waals surface area contributed by atoms with E-state index in [1.165, 1.54) is 0 Å². The van der Waals surface area contributed by atoms with Crippen molar-refractivity contribution in [3.05, 3.63) is 22.6 Å². The molecule has 0 bridgehead atoms. The Morgan fingerprint density at radius 1 is 1.70 bits per heavy atom. The maximum Gasteiger partial charge on any atom is 0.105 e. The minimum atomic E-state index is 0.189. The maximum absolute atomic E-state index is 5.59. The molecule has 1 rings (SSSR count). The second kappa shape index (κ2) is 3.21. The van der Waals surface area contributed by atoms with Gasteiger partial charge in [0.25, 0.3) is 0 Å². The van der Waals surface area contributed by atoms with Gasteiger partial charge >= 0.3 is 0 Å². The summed E-state index contributed by atoms with van der Waals surface area (Å²) in [4.78, 5) is 0. The quantitative estimate of drug-likeness (QED) is 0.799. The molecule has 1 aromatic heterocycles. The Balaban J connectivity index is 2.65. The highest BCUT2D eigenvalue weighted by atomic mass is 79.9. The molecule has 0 aliphatic rings. The molecule has 0 saturated heterocycles. The Labute approximate surface area is 68.5 Å². The molecule has 1 heterocycles. The number of furan rings is 1. The van der Waals surface area contributed by atoms with Gasteiger partial charge < -0.3 is 10.2 Å². The molecule has 2 N–H and O–H groups in total. The van der Waals surface area contributed by atoms with Crippen LogP contribution >= 0.6 is 15.9 Å². The lowest BCUT2D eigenvalue weighted by atomic mass is 10.1. The van der Waals surface area contributed by atoms with Gasteiger partial charge in [-0.3, -0.25) is 0 Å². The number of rotatable bonds is 2. The van der Waals surface area contributed by atoms with Crippen LogP contribution in [0.4, 0.5) is 0 Å². The molecule has 3 heteroatoms. The second-order valence-electron chi connectivity index (χ2n) is 2.43. The Bertz CT molecular complexity index is 207. The minimum absolute atomic E-state index is 0.189. The van der Waals surface area contributed by atoms with Crippen molar-refractivity contribution in [3.8, 4) is 0 Å². The summed E-state index contributed by atoms with van der Waals surface area (Å²) in [5.41, 5.74) is 6.72. The van der Waals surface area contributed by atoms with E-state index in [9.17, 15) is 0 Å². The first-order chi connectivity index (χ1) is 4.70. The van der Waals surface area contributed by atoms with Crippen LogP contribution in [0.2, 0.25) is 0 Å². The first-order valence-corrected chi connectivity index (χ1v) is 3.95. The third-order valence-electron chi connectivity index (χ3n) is 1.23. The fourth-order valence-electron chi connectivity index (χ4n) is 0.800. The van der Waals surface area contributed by atoms with Crippen molar-refractivity contribution >= 4 is 15.9 Å². The van der Waals surface area contributed by atoms with Crippen molar-refractivity contribution < 1.29 is 4.42 Å². The topological polar surface area (TPSA) is 39.2 Å². The number of halogens is 1. The molecular formula is C7H10BrNO. The van der Waals surface area contributed by atoms with Gasteiger partial charge in [-0.05, 0) is 29.3 Å². The van der Waals surface area contributed by atoms with E-state index in [4.69, 9.17) is 10.2 Å². The van der Waals surface area contributed by atoms with Crippen molar-refractivity contribution in [2.75, 3.05) is 0 Å².